The average Bonchev–Trinajstić information content (AvgIpc) is 3.29. The van der Waals surface area contributed by atoms with Gasteiger partial charge in [-0.3, -0.25) is 19.2 Å². The monoisotopic (exact) mass is 800 g/mol. The summed E-state index contributed by atoms with van der Waals surface area (Å²) in [6.45, 7) is 0. The van der Waals surface area contributed by atoms with Gasteiger partial charge in [0.05, 0.1) is 11.1 Å². The number of carbonyl (C=O) groups is 6. The van der Waals surface area contributed by atoms with E-state index in [-0.39, 0.29) is 58.0 Å². The molecule has 0 amide bonds. The summed E-state index contributed by atoms with van der Waals surface area (Å²) in [4.78, 5) is 87.3. The van der Waals surface area contributed by atoms with Crippen molar-refractivity contribution >= 4 is 46.9 Å². The van der Waals surface area contributed by atoms with Crippen LogP contribution in [0.15, 0.2) is 180 Å². The van der Waals surface area contributed by atoms with Crippen LogP contribution >= 0.6 is 0 Å². The third-order valence-corrected chi connectivity index (χ3v) is 8.69. The van der Waals surface area contributed by atoms with Gasteiger partial charge in [-0.05, 0) is 85.6 Å². The molecule has 0 aromatic heterocycles. The highest BCUT2D eigenvalue weighted by atomic mass is 16.7. The first-order valence-electron chi connectivity index (χ1n) is 18.8. The van der Waals surface area contributed by atoms with E-state index in [1.807, 2.05) is 0 Å². The molecule has 0 aliphatic heterocycles. The Morgan fingerprint density at radius 2 is 0.650 bits per heavy atom. The zero-order chi connectivity index (χ0) is 42.1. The van der Waals surface area contributed by atoms with Crippen LogP contribution < -0.4 is 9.47 Å². The second kappa shape index (κ2) is 20.9. The van der Waals surface area contributed by atoms with Gasteiger partial charge in [-0.15, -0.1) is 0 Å². The van der Waals surface area contributed by atoms with E-state index >= 15 is 0 Å². The molecular formula is C48H36N2O10. The molecule has 0 aliphatic rings. The lowest BCUT2D eigenvalue weighted by Gasteiger charge is -2.08. The zero-order valence-electron chi connectivity index (χ0n) is 32.0. The number of rotatable bonds is 17. The van der Waals surface area contributed by atoms with Gasteiger partial charge >= 0.3 is 23.9 Å². The average molecular weight is 801 g/mol. The van der Waals surface area contributed by atoms with E-state index < -0.39 is 35.4 Å². The molecule has 0 saturated heterocycles. The van der Waals surface area contributed by atoms with Crippen LogP contribution in [-0.4, -0.2) is 46.9 Å². The number of hydrogen-bond donors (Lipinski definition) is 0. The van der Waals surface area contributed by atoms with E-state index in [1.165, 1.54) is 48.5 Å². The summed E-state index contributed by atoms with van der Waals surface area (Å²) >= 11 is 0. The number of carbonyl (C=O) groups excluding carboxylic acids is 6. The molecule has 0 bridgehead atoms. The van der Waals surface area contributed by atoms with Crippen LogP contribution in [0, 0.1) is 0 Å². The van der Waals surface area contributed by atoms with Crippen LogP contribution in [0.4, 0.5) is 0 Å². The van der Waals surface area contributed by atoms with Crippen molar-refractivity contribution in [2.24, 2.45) is 10.3 Å². The normalized spacial score (nSPS) is 11.2. The predicted octanol–water partition coefficient (Wildman–Crippen LogP) is 8.65. The Balaban J connectivity index is 0.963. The summed E-state index contributed by atoms with van der Waals surface area (Å²) in [5.74, 6) is -3.11. The Bertz CT molecular complexity index is 2330. The molecule has 6 aromatic carbocycles. The number of ketones is 2. The Kier molecular flexibility index (Phi) is 14.4. The number of Topliss-reactive ketones (excluding diaryl/α,β-unsaturated/α-hetero) is 2. The first-order chi connectivity index (χ1) is 29.2. The number of unbranched alkanes of at least 4 members (excludes halogenated alkanes) is 1. The smallest absolute Gasteiger partial charge is 0.365 e. The second-order valence-corrected chi connectivity index (χ2v) is 13.0. The van der Waals surface area contributed by atoms with E-state index in [2.05, 4.69) is 10.3 Å². The second-order valence-electron chi connectivity index (χ2n) is 13.0. The Morgan fingerprint density at radius 3 is 0.967 bits per heavy atom. The molecule has 0 unspecified atom stereocenters. The highest BCUT2D eigenvalue weighted by Gasteiger charge is 2.21. The predicted molar refractivity (Wildman–Crippen MR) is 221 cm³/mol. The first-order valence-corrected chi connectivity index (χ1v) is 18.8. The van der Waals surface area contributed by atoms with E-state index in [0.29, 0.717) is 24.0 Å². The van der Waals surface area contributed by atoms with E-state index in [1.54, 1.807) is 121 Å². The van der Waals surface area contributed by atoms with Gasteiger partial charge in [-0.25, -0.2) is 9.59 Å². The number of nitrogens with zero attached hydrogens (tertiary/aromatic N) is 2. The summed E-state index contributed by atoms with van der Waals surface area (Å²) in [7, 11) is 0. The van der Waals surface area contributed by atoms with Crippen LogP contribution in [0.2, 0.25) is 0 Å². The van der Waals surface area contributed by atoms with Crippen molar-refractivity contribution in [1.29, 1.82) is 0 Å². The van der Waals surface area contributed by atoms with Gasteiger partial charge < -0.3 is 19.1 Å². The fraction of sp³-hybridized carbons (Fsp3) is 0.0833. The number of oxime groups is 2. The molecule has 0 radical (unpaired) electrons. The van der Waals surface area contributed by atoms with E-state index in [0.717, 1.165) is 0 Å². The van der Waals surface area contributed by atoms with Crippen LogP contribution in [0.1, 0.15) is 78.2 Å². The lowest BCUT2D eigenvalue weighted by Crippen LogP contribution is -2.17. The number of esters is 2. The molecule has 0 saturated carbocycles. The van der Waals surface area contributed by atoms with Crippen molar-refractivity contribution in [3.8, 4) is 11.5 Å². The van der Waals surface area contributed by atoms with Crippen molar-refractivity contribution in [3.05, 3.63) is 203 Å². The lowest BCUT2D eigenvalue weighted by atomic mass is 10.0. The molecule has 6 rings (SSSR count). The molecule has 12 nitrogen and oxygen atoms in total. The van der Waals surface area contributed by atoms with Gasteiger partial charge in [-0.1, -0.05) is 107 Å². The van der Waals surface area contributed by atoms with Gasteiger partial charge in [0, 0.05) is 35.1 Å². The first kappa shape index (κ1) is 41.5. The third-order valence-electron chi connectivity index (χ3n) is 8.69. The summed E-state index contributed by atoms with van der Waals surface area (Å²) in [5.41, 5.74) is 1.71. The highest BCUT2D eigenvalue weighted by molar-refractivity contribution is 6.52. The highest BCUT2D eigenvalue weighted by Crippen LogP contribution is 2.19. The molecule has 6 aromatic rings. The standard InChI is InChI=1S/C48H36N2O10/c51-41(57-39-29-25-35(26-30-39)45(53)43(33-15-5-1-6-16-33)49-59-47(55)37-19-9-3-10-20-37)23-13-14-24-42(52)58-40-31-27-36(28-32-40)46(54)44(34-17-7-2-8-18-34)50-60-48(56)38-21-11-4-12-22-38/h1-12,15-22,25-32H,13-14,23-24H2/b49-43+,50-44+. The zero-order valence-corrected chi connectivity index (χ0v) is 32.0. The van der Waals surface area contributed by atoms with Gasteiger partial charge in [0.1, 0.15) is 11.5 Å². The van der Waals surface area contributed by atoms with Crippen LogP contribution in [0.5, 0.6) is 11.5 Å². The minimum Gasteiger partial charge on any atom is -0.427 e. The molecule has 298 valence electrons. The third kappa shape index (κ3) is 11.7. The number of hydrogen-bond acceptors (Lipinski definition) is 12. The van der Waals surface area contributed by atoms with Gasteiger partial charge in [-0.2, -0.15) is 0 Å². The SMILES string of the molecule is O=C(CCCCC(=O)Oc1ccc(C(=O)/C(=N/OC(=O)c2ccccc2)c2ccccc2)cc1)Oc1ccc(C(=O)/C(=N/OC(=O)c2ccccc2)c2ccccc2)cc1. The molecule has 0 aliphatic carbocycles. The van der Waals surface area contributed by atoms with Crippen LogP contribution in [0.25, 0.3) is 0 Å². The van der Waals surface area contributed by atoms with Crippen molar-refractivity contribution in [1.82, 2.24) is 0 Å². The van der Waals surface area contributed by atoms with Gasteiger partial charge in [0.2, 0.25) is 11.6 Å². The largest absolute Gasteiger partial charge is 0.427 e. The quantitative estimate of drug-likeness (QED) is 0.0166. The van der Waals surface area contributed by atoms with Crippen LogP contribution in [-0.2, 0) is 19.3 Å². The Labute approximate surface area is 344 Å². The van der Waals surface area contributed by atoms with Crippen molar-refractivity contribution < 1.29 is 47.9 Å². The Hall–Kier alpha value is -8.12. The molecule has 0 fully saturated rings. The number of benzene rings is 6. The minimum absolute atomic E-state index is 0.0221. The molecule has 0 N–H and O–H groups in total. The fourth-order valence-electron chi connectivity index (χ4n) is 5.60. The summed E-state index contributed by atoms with van der Waals surface area (Å²) in [6.07, 6.45) is 0.725. The van der Waals surface area contributed by atoms with E-state index in [9.17, 15) is 28.8 Å². The van der Waals surface area contributed by atoms with Crippen molar-refractivity contribution in [2.75, 3.05) is 0 Å². The number of ether oxygens (including phenoxy) is 2. The molecule has 60 heavy (non-hydrogen) atoms. The summed E-state index contributed by atoms with van der Waals surface area (Å²) in [6, 6.07) is 45.4. The molecule has 0 atom stereocenters. The van der Waals surface area contributed by atoms with Gasteiger partial charge in [0.25, 0.3) is 0 Å². The summed E-state index contributed by atoms with van der Waals surface area (Å²) in [5, 5.41) is 7.82. The fourth-order valence-corrected chi connectivity index (χ4v) is 5.60. The molecular weight excluding hydrogens is 765 g/mol. The van der Waals surface area contributed by atoms with Crippen LogP contribution in [0.3, 0.4) is 0 Å². The summed E-state index contributed by atoms with van der Waals surface area (Å²) < 4.78 is 10.8. The molecule has 12 heteroatoms. The van der Waals surface area contributed by atoms with Crippen molar-refractivity contribution in [3.63, 3.8) is 0 Å². The van der Waals surface area contributed by atoms with E-state index in [4.69, 9.17) is 19.1 Å². The lowest BCUT2D eigenvalue weighted by molar-refractivity contribution is -0.136. The maximum atomic E-state index is 13.5. The molecule has 0 heterocycles. The maximum Gasteiger partial charge on any atom is 0.365 e. The maximum absolute atomic E-state index is 13.5. The topological polar surface area (TPSA) is 164 Å². The molecule has 0 spiro atoms. The Morgan fingerprint density at radius 1 is 0.350 bits per heavy atom. The van der Waals surface area contributed by atoms with Gasteiger partial charge in [0.15, 0.2) is 11.4 Å². The minimum atomic E-state index is -0.719. The van der Waals surface area contributed by atoms with Crippen molar-refractivity contribution in [2.45, 2.75) is 25.7 Å².